The number of hydrogen-bond acceptors (Lipinski definition) is 0. The standard InChI is InChI=1S/C8H12Si.C2H6/c1-7-4-3-5-8(6-7)9-2;1-2/h3-6H,9H2,1-2H3;1-2H3. The molecule has 1 rings (SSSR count). The molecule has 0 aliphatic carbocycles. The van der Waals surface area contributed by atoms with Crippen LogP contribution in [0.2, 0.25) is 6.55 Å². The molecule has 0 fully saturated rings. The summed E-state index contributed by atoms with van der Waals surface area (Å²) in [4.78, 5) is 0. The SMILES string of the molecule is CC.C[SiH2]c1cccc(C)c1. The van der Waals surface area contributed by atoms with Crippen LogP contribution in [-0.2, 0) is 0 Å². The van der Waals surface area contributed by atoms with Gasteiger partial charge in [0.1, 0.15) is 0 Å². The van der Waals surface area contributed by atoms with Crippen LogP contribution in [0.4, 0.5) is 0 Å². The number of benzene rings is 1. The normalized spacial score (nSPS) is 9.45. The van der Waals surface area contributed by atoms with Gasteiger partial charge in [-0.3, -0.25) is 0 Å². The van der Waals surface area contributed by atoms with Gasteiger partial charge in [0.15, 0.2) is 0 Å². The van der Waals surface area contributed by atoms with E-state index in [0.717, 1.165) is 0 Å². The van der Waals surface area contributed by atoms with Crippen LogP contribution in [0.3, 0.4) is 0 Å². The fourth-order valence-electron chi connectivity index (χ4n) is 0.932. The van der Waals surface area contributed by atoms with Crippen LogP contribution in [0.1, 0.15) is 19.4 Å². The first-order valence-electron chi connectivity index (χ1n) is 4.38. The zero-order valence-corrected chi connectivity index (χ0v) is 9.43. The van der Waals surface area contributed by atoms with Crippen molar-refractivity contribution in [2.45, 2.75) is 27.3 Å². The van der Waals surface area contributed by atoms with Crippen LogP contribution in [0.5, 0.6) is 0 Å². The van der Waals surface area contributed by atoms with Crippen molar-refractivity contribution in [1.29, 1.82) is 0 Å². The molecule has 0 saturated heterocycles. The summed E-state index contributed by atoms with van der Waals surface area (Å²) in [6.45, 7) is 8.46. The maximum absolute atomic E-state index is 2.31. The van der Waals surface area contributed by atoms with Crippen LogP contribution < -0.4 is 5.19 Å². The van der Waals surface area contributed by atoms with Crippen LogP contribution in [0.15, 0.2) is 24.3 Å². The Labute approximate surface area is 72.5 Å². The number of aryl methyl sites for hydroxylation is 1. The van der Waals surface area contributed by atoms with E-state index in [1.807, 2.05) is 13.8 Å². The molecule has 1 aromatic rings. The summed E-state index contributed by atoms with van der Waals surface area (Å²) in [6.07, 6.45) is 0. The van der Waals surface area contributed by atoms with E-state index < -0.39 is 0 Å². The lowest BCUT2D eigenvalue weighted by molar-refractivity contribution is 1.49. The zero-order chi connectivity index (χ0) is 8.69. The molecule has 0 saturated carbocycles. The minimum absolute atomic E-state index is 0.0699. The molecule has 1 heteroatoms. The van der Waals surface area contributed by atoms with Crippen molar-refractivity contribution >= 4 is 14.7 Å². The summed E-state index contributed by atoms with van der Waals surface area (Å²) in [5.41, 5.74) is 1.39. The highest BCUT2D eigenvalue weighted by Gasteiger charge is 1.86. The Bertz CT molecular complexity index is 194. The fourth-order valence-corrected chi connectivity index (χ4v) is 1.83. The van der Waals surface area contributed by atoms with Crippen LogP contribution in [0.25, 0.3) is 0 Å². The Morgan fingerprint density at radius 2 is 1.82 bits per heavy atom. The van der Waals surface area contributed by atoms with E-state index in [4.69, 9.17) is 0 Å². The quantitative estimate of drug-likeness (QED) is 0.559. The molecule has 0 N–H and O–H groups in total. The van der Waals surface area contributed by atoms with Gasteiger partial charge in [0.05, 0.1) is 9.52 Å². The molecule has 0 amide bonds. The largest absolute Gasteiger partial charge is 0.0708 e. The minimum Gasteiger partial charge on any atom is -0.0708 e. The molecule has 62 valence electrons. The highest BCUT2D eigenvalue weighted by Crippen LogP contribution is 1.91. The predicted octanol–water partition coefficient (Wildman–Crippen LogP) is 1.86. The molecular formula is C10H18Si. The summed E-state index contributed by atoms with van der Waals surface area (Å²) in [6, 6.07) is 8.79. The van der Waals surface area contributed by atoms with Crippen molar-refractivity contribution in [1.82, 2.24) is 0 Å². The zero-order valence-electron chi connectivity index (χ0n) is 8.02. The lowest BCUT2D eigenvalue weighted by Gasteiger charge is -1.94. The van der Waals surface area contributed by atoms with Gasteiger partial charge in [-0.05, 0) is 6.92 Å². The molecule has 0 unspecified atom stereocenters. The summed E-state index contributed by atoms with van der Waals surface area (Å²) < 4.78 is 0. The molecule has 0 aromatic heterocycles. The van der Waals surface area contributed by atoms with Gasteiger partial charge in [0.25, 0.3) is 0 Å². The second-order valence-corrected chi connectivity index (χ2v) is 3.87. The topological polar surface area (TPSA) is 0 Å². The van der Waals surface area contributed by atoms with Gasteiger partial charge in [-0.25, -0.2) is 0 Å². The molecule has 0 aliphatic rings. The average molecular weight is 166 g/mol. The highest BCUT2D eigenvalue weighted by atomic mass is 28.2. The third-order valence-corrected chi connectivity index (χ3v) is 2.75. The molecular weight excluding hydrogens is 148 g/mol. The van der Waals surface area contributed by atoms with E-state index in [1.54, 1.807) is 5.19 Å². The van der Waals surface area contributed by atoms with Gasteiger partial charge < -0.3 is 0 Å². The summed E-state index contributed by atoms with van der Waals surface area (Å²) >= 11 is 0. The van der Waals surface area contributed by atoms with Crippen LogP contribution >= 0.6 is 0 Å². The molecule has 11 heavy (non-hydrogen) atoms. The van der Waals surface area contributed by atoms with Crippen molar-refractivity contribution in [2.75, 3.05) is 0 Å². The smallest absolute Gasteiger partial charge is 0.0517 e. The van der Waals surface area contributed by atoms with E-state index in [2.05, 4.69) is 37.7 Å². The van der Waals surface area contributed by atoms with E-state index in [1.165, 1.54) is 5.56 Å². The molecule has 0 aliphatic heterocycles. The first-order chi connectivity index (χ1) is 5.33. The third kappa shape index (κ3) is 3.99. The summed E-state index contributed by atoms with van der Waals surface area (Å²) in [7, 11) is 0.0699. The van der Waals surface area contributed by atoms with Gasteiger partial charge in [-0.2, -0.15) is 0 Å². The average Bonchev–Trinajstić information content (AvgIpc) is 2.08. The highest BCUT2D eigenvalue weighted by molar-refractivity contribution is 6.51. The van der Waals surface area contributed by atoms with Gasteiger partial charge in [-0.1, -0.05) is 55.4 Å². The van der Waals surface area contributed by atoms with Crippen molar-refractivity contribution in [3.8, 4) is 0 Å². The molecule has 0 nitrogen and oxygen atoms in total. The van der Waals surface area contributed by atoms with Crippen molar-refractivity contribution in [3.63, 3.8) is 0 Å². The minimum atomic E-state index is 0.0699. The maximum atomic E-state index is 2.31. The lowest BCUT2D eigenvalue weighted by Crippen LogP contribution is -2.09. The fraction of sp³-hybridized carbons (Fsp3) is 0.400. The lowest BCUT2D eigenvalue weighted by atomic mass is 10.2. The summed E-state index contributed by atoms with van der Waals surface area (Å²) in [5, 5.41) is 1.56. The van der Waals surface area contributed by atoms with Crippen molar-refractivity contribution < 1.29 is 0 Å². The van der Waals surface area contributed by atoms with Gasteiger partial charge in [0.2, 0.25) is 0 Å². The molecule has 1 aromatic carbocycles. The van der Waals surface area contributed by atoms with E-state index in [9.17, 15) is 0 Å². The van der Waals surface area contributed by atoms with Crippen LogP contribution in [0, 0.1) is 6.92 Å². The Hall–Kier alpha value is -0.563. The van der Waals surface area contributed by atoms with Crippen molar-refractivity contribution in [2.24, 2.45) is 0 Å². The van der Waals surface area contributed by atoms with Gasteiger partial charge >= 0.3 is 0 Å². The van der Waals surface area contributed by atoms with E-state index >= 15 is 0 Å². The summed E-state index contributed by atoms with van der Waals surface area (Å²) in [5.74, 6) is 0. The van der Waals surface area contributed by atoms with Crippen LogP contribution in [-0.4, -0.2) is 9.52 Å². The molecule has 0 atom stereocenters. The molecule has 0 heterocycles. The Kier molecular flexibility index (Phi) is 5.85. The second kappa shape index (κ2) is 6.17. The predicted molar refractivity (Wildman–Crippen MR) is 56.6 cm³/mol. The second-order valence-electron chi connectivity index (χ2n) is 2.34. The first-order valence-corrected chi connectivity index (χ1v) is 6.50. The Morgan fingerprint density at radius 1 is 1.18 bits per heavy atom. The maximum Gasteiger partial charge on any atom is 0.0517 e. The number of hydrogen-bond donors (Lipinski definition) is 0. The molecule has 0 spiro atoms. The van der Waals surface area contributed by atoms with Gasteiger partial charge in [-0.15, -0.1) is 0 Å². The molecule has 0 radical (unpaired) electrons. The third-order valence-electron chi connectivity index (χ3n) is 1.49. The molecule has 0 bridgehead atoms. The van der Waals surface area contributed by atoms with E-state index in [0.29, 0.717) is 0 Å². The number of rotatable bonds is 1. The van der Waals surface area contributed by atoms with E-state index in [-0.39, 0.29) is 9.52 Å². The van der Waals surface area contributed by atoms with Crippen molar-refractivity contribution in [3.05, 3.63) is 29.8 Å². The van der Waals surface area contributed by atoms with Gasteiger partial charge in [0, 0.05) is 0 Å². The Morgan fingerprint density at radius 3 is 2.18 bits per heavy atom. The Balaban J connectivity index is 0.000000461. The monoisotopic (exact) mass is 166 g/mol. The first kappa shape index (κ1) is 10.4.